The van der Waals surface area contributed by atoms with E-state index in [1.165, 1.54) is 23.5 Å². The van der Waals surface area contributed by atoms with Crippen molar-refractivity contribution in [1.82, 2.24) is 5.32 Å². The first-order valence-corrected chi connectivity index (χ1v) is 8.35. The Balaban J connectivity index is 1.74. The van der Waals surface area contributed by atoms with Crippen molar-refractivity contribution in [2.75, 3.05) is 6.61 Å². The van der Waals surface area contributed by atoms with Gasteiger partial charge >= 0.3 is 0 Å². The van der Waals surface area contributed by atoms with Crippen molar-refractivity contribution in [2.24, 2.45) is 5.92 Å². The molecule has 0 bridgehead atoms. The van der Waals surface area contributed by atoms with Gasteiger partial charge in [-0.1, -0.05) is 24.3 Å². The Morgan fingerprint density at radius 3 is 2.74 bits per heavy atom. The Hall–Kier alpha value is -1.98. The van der Waals surface area contributed by atoms with Crippen LogP contribution in [-0.2, 0) is 0 Å². The van der Waals surface area contributed by atoms with Gasteiger partial charge in [0.05, 0.1) is 4.88 Å². The Labute approximate surface area is 138 Å². The highest BCUT2D eigenvalue weighted by Gasteiger charge is 2.21. The second-order valence-electron chi connectivity index (χ2n) is 5.77. The third kappa shape index (κ3) is 3.51. The molecule has 2 N–H and O–H groups in total. The Kier molecular flexibility index (Phi) is 4.59. The first-order valence-electron chi connectivity index (χ1n) is 7.53. The topological polar surface area (TPSA) is 49.3 Å². The lowest BCUT2D eigenvalue weighted by Crippen LogP contribution is -2.32. The van der Waals surface area contributed by atoms with Gasteiger partial charge in [-0.3, -0.25) is 4.79 Å². The summed E-state index contributed by atoms with van der Waals surface area (Å²) in [6.07, 6.45) is 4.60. The molecular formula is C18H18FNO2S. The highest BCUT2D eigenvalue weighted by atomic mass is 32.1. The molecule has 1 heterocycles. The summed E-state index contributed by atoms with van der Waals surface area (Å²) in [5.74, 6) is -0.257. The minimum Gasteiger partial charge on any atom is -0.396 e. The molecule has 2 atom stereocenters. The largest absolute Gasteiger partial charge is 0.396 e. The molecule has 1 aromatic heterocycles. The van der Waals surface area contributed by atoms with E-state index in [0.29, 0.717) is 4.88 Å². The number of hydrogen-bond acceptors (Lipinski definition) is 3. The van der Waals surface area contributed by atoms with Crippen molar-refractivity contribution in [1.29, 1.82) is 0 Å². The van der Waals surface area contributed by atoms with Gasteiger partial charge in [-0.15, -0.1) is 11.3 Å². The van der Waals surface area contributed by atoms with Gasteiger partial charge in [-0.25, -0.2) is 4.39 Å². The number of nitrogens with one attached hydrogen (secondary N) is 1. The average Bonchev–Trinajstić information content (AvgIpc) is 3.15. The zero-order valence-electron chi connectivity index (χ0n) is 12.8. The molecule has 0 saturated heterocycles. The molecule has 1 aliphatic carbocycles. The van der Waals surface area contributed by atoms with Gasteiger partial charge in [-0.2, -0.15) is 0 Å². The molecule has 0 saturated carbocycles. The molecular weight excluding hydrogens is 313 g/mol. The van der Waals surface area contributed by atoms with E-state index >= 15 is 0 Å². The van der Waals surface area contributed by atoms with Crippen LogP contribution in [0.1, 0.15) is 21.7 Å². The molecule has 2 aromatic rings. The van der Waals surface area contributed by atoms with Gasteiger partial charge in [0.15, 0.2) is 0 Å². The fraction of sp³-hybridized carbons (Fsp3) is 0.278. The Morgan fingerprint density at radius 1 is 1.35 bits per heavy atom. The summed E-state index contributed by atoms with van der Waals surface area (Å²) in [5.41, 5.74) is 1.91. The van der Waals surface area contributed by atoms with Gasteiger partial charge in [-0.05, 0) is 42.7 Å². The molecule has 0 unspecified atom stereocenters. The molecule has 1 aliphatic rings. The summed E-state index contributed by atoms with van der Waals surface area (Å²) in [6.45, 7) is 2.05. The maximum Gasteiger partial charge on any atom is 0.261 e. The lowest BCUT2D eigenvalue weighted by atomic mass is 10.1. The number of benzene rings is 1. The number of thiophene rings is 1. The highest BCUT2D eigenvalue weighted by Crippen LogP contribution is 2.32. The van der Waals surface area contributed by atoms with Crippen molar-refractivity contribution >= 4 is 17.2 Å². The molecule has 0 fully saturated rings. The van der Waals surface area contributed by atoms with Crippen molar-refractivity contribution in [3.8, 4) is 10.4 Å². The predicted molar refractivity (Wildman–Crippen MR) is 90.0 cm³/mol. The Bertz CT molecular complexity index is 736. The van der Waals surface area contributed by atoms with Crippen LogP contribution in [0.2, 0.25) is 0 Å². The van der Waals surface area contributed by atoms with Gasteiger partial charge < -0.3 is 10.4 Å². The molecule has 0 spiro atoms. The predicted octanol–water partition coefficient (Wildman–Crippen LogP) is 3.53. The lowest BCUT2D eigenvalue weighted by molar-refractivity contribution is 0.0945. The fourth-order valence-electron chi connectivity index (χ4n) is 2.74. The van der Waals surface area contributed by atoms with Crippen LogP contribution in [0.3, 0.4) is 0 Å². The van der Waals surface area contributed by atoms with Gasteiger partial charge in [0.2, 0.25) is 0 Å². The Morgan fingerprint density at radius 2 is 2.09 bits per heavy atom. The number of halogens is 1. The maximum absolute atomic E-state index is 13.0. The molecule has 120 valence electrons. The van der Waals surface area contributed by atoms with Crippen molar-refractivity contribution in [2.45, 2.75) is 19.4 Å². The van der Waals surface area contributed by atoms with E-state index in [1.54, 1.807) is 12.1 Å². The maximum atomic E-state index is 13.0. The molecule has 0 aliphatic heterocycles. The lowest BCUT2D eigenvalue weighted by Gasteiger charge is -2.11. The molecule has 1 aromatic carbocycles. The SMILES string of the molecule is Cc1cc(C(=O)N[C@@H]2C=C[C@H](CO)C2)sc1-c1ccc(F)cc1. The zero-order valence-corrected chi connectivity index (χ0v) is 13.6. The quantitative estimate of drug-likeness (QED) is 0.842. The number of carbonyl (C=O) groups excluding carboxylic acids is 1. The smallest absolute Gasteiger partial charge is 0.261 e. The minimum absolute atomic E-state index is 0.0312. The summed E-state index contributed by atoms with van der Waals surface area (Å²) in [4.78, 5) is 14.0. The van der Waals surface area contributed by atoms with Crippen LogP contribution in [0.15, 0.2) is 42.5 Å². The molecule has 3 rings (SSSR count). The standard InChI is InChI=1S/C18H18FNO2S/c1-11-8-16(18(22)20-15-7-2-12(9-15)10-21)23-17(11)13-3-5-14(19)6-4-13/h2-8,12,15,21H,9-10H2,1H3,(H,20,22)/t12-,15+/m0/s1. The number of aliphatic hydroxyl groups is 1. The van der Waals surface area contributed by atoms with E-state index in [-0.39, 0.29) is 30.3 Å². The van der Waals surface area contributed by atoms with Crippen LogP contribution in [0.25, 0.3) is 10.4 Å². The highest BCUT2D eigenvalue weighted by molar-refractivity contribution is 7.17. The van der Waals surface area contributed by atoms with Crippen molar-refractivity contribution in [3.63, 3.8) is 0 Å². The van der Waals surface area contributed by atoms with E-state index in [1.807, 2.05) is 25.1 Å². The van der Waals surface area contributed by atoms with Gasteiger partial charge in [0.25, 0.3) is 5.91 Å². The average molecular weight is 331 g/mol. The summed E-state index contributed by atoms with van der Waals surface area (Å²) < 4.78 is 13.0. The van der Waals surface area contributed by atoms with E-state index in [2.05, 4.69) is 5.32 Å². The number of aryl methyl sites for hydroxylation is 1. The fourth-order valence-corrected chi connectivity index (χ4v) is 3.82. The van der Waals surface area contributed by atoms with Crippen LogP contribution < -0.4 is 5.32 Å². The van der Waals surface area contributed by atoms with Crippen LogP contribution in [0, 0.1) is 18.7 Å². The van der Waals surface area contributed by atoms with Crippen LogP contribution >= 0.6 is 11.3 Å². The summed E-state index contributed by atoms with van der Waals surface area (Å²) >= 11 is 1.41. The molecule has 1 amide bonds. The van der Waals surface area contributed by atoms with E-state index in [4.69, 9.17) is 5.11 Å². The second-order valence-corrected chi connectivity index (χ2v) is 6.83. The summed E-state index contributed by atoms with van der Waals surface area (Å²) in [5, 5.41) is 12.1. The normalized spacial score (nSPS) is 20.0. The third-order valence-electron chi connectivity index (χ3n) is 3.97. The van der Waals surface area contributed by atoms with Crippen LogP contribution in [-0.4, -0.2) is 23.7 Å². The second kappa shape index (κ2) is 6.64. The van der Waals surface area contributed by atoms with Gasteiger partial charge in [0.1, 0.15) is 5.82 Å². The van der Waals surface area contributed by atoms with E-state index in [9.17, 15) is 9.18 Å². The van der Waals surface area contributed by atoms with Crippen LogP contribution in [0.5, 0.6) is 0 Å². The van der Waals surface area contributed by atoms with E-state index < -0.39 is 0 Å². The number of aliphatic hydroxyl groups excluding tert-OH is 1. The third-order valence-corrected chi connectivity index (χ3v) is 5.26. The van der Waals surface area contributed by atoms with E-state index in [0.717, 1.165) is 22.4 Å². The first-order chi connectivity index (χ1) is 11.1. The number of carbonyl (C=O) groups is 1. The zero-order chi connectivity index (χ0) is 16.4. The summed E-state index contributed by atoms with van der Waals surface area (Å²) in [7, 11) is 0. The molecule has 0 radical (unpaired) electrons. The monoisotopic (exact) mass is 331 g/mol. The molecule has 5 heteroatoms. The molecule has 3 nitrogen and oxygen atoms in total. The summed E-state index contributed by atoms with van der Waals surface area (Å²) in [6, 6.07) is 8.12. The number of rotatable bonds is 4. The van der Waals surface area contributed by atoms with Crippen molar-refractivity contribution in [3.05, 3.63) is 58.7 Å². The number of hydrogen-bond donors (Lipinski definition) is 2. The molecule has 23 heavy (non-hydrogen) atoms. The number of amides is 1. The van der Waals surface area contributed by atoms with Crippen LogP contribution in [0.4, 0.5) is 4.39 Å². The van der Waals surface area contributed by atoms with Gasteiger partial charge in [0, 0.05) is 23.4 Å². The first kappa shape index (κ1) is 15.9. The minimum atomic E-state index is -0.271. The van der Waals surface area contributed by atoms with Crippen molar-refractivity contribution < 1.29 is 14.3 Å².